The Morgan fingerprint density at radius 2 is 1.19 bits per heavy atom. The summed E-state index contributed by atoms with van der Waals surface area (Å²) in [5.74, 6) is -0.557. The maximum absolute atomic E-state index is 11.6. The van der Waals surface area contributed by atoms with Gasteiger partial charge in [-0.3, -0.25) is 14.9 Å². The van der Waals surface area contributed by atoms with E-state index in [1.807, 2.05) is 97.3 Å². The van der Waals surface area contributed by atoms with Gasteiger partial charge in [0.2, 0.25) is 12.2 Å². The molecule has 1 atom stereocenters. The molecule has 27 heavy (non-hydrogen) atoms. The molecule has 0 spiro atoms. The van der Waals surface area contributed by atoms with E-state index in [9.17, 15) is 9.59 Å². The van der Waals surface area contributed by atoms with Gasteiger partial charge in [0, 0.05) is 6.42 Å². The van der Waals surface area contributed by atoms with Crippen LogP contribution in [0.15, 0.2) is 91.0 Å². The summed E-state index contributed by atoms with van der Waals surface area (Å²) in [4.78, 5) is 23.1. The summed E-state index contributed by atoms with van der Waals surface area (Å²) in [6.07, 6.45) is 1.81. The van der Waals surface area contributed by atoms with Crippen LogP contribution in [0.5, 0.6) is 0 Å². The summed E-state index contributed by atoms with van der Waals surface area (Å²) in [7, 11) is 0. The zero-order chi connectivity index (χ0) is 19.1. The molecule has 0 fully saturated rings. The zero-order valence-corrected chi connectivity index (χ0v) is 14.8. The van der Waals surface area contributed by atoms with E-state index in [1.165, 1.54) is 0 Å². The molecule has 0 unspecified atom stereocenters. The summed E-state index contributed by atoms with van der Waals surface area (Å²) >= 11 is 0. The molecule has 0 bridgehead atoms. The van der Waals surface area contributed by atoms with Gasteiger partial charge in [-0.25, -0.2) is 0 Å². The van der Waals surface area contributed by atoms with Gasteiger partial charge in [-0.1, -0.05) is 91.0 Å². The van der Waals surface area contributed by atoms with Crippen LogP contribution < -0.4 is 11.1 Å². The van der Waals surface area contributed by atoms with Gasteiger partial charge in [-0.15, -0.1) is 0 Å². The summed E-state index contributed by atoms with van der Waals surface area (Å²) in [6.45, 7) is 0. The molecule has 4 nitrogen and oxygen atoms in total. The van der Waals surface area contributed by atoms with Crippen molar-refractivity contribution in [2.45, 2.75) is 18.0 Å². The van der Waals surface area contributed by atoms with Crippen molar-refractivity contribution in [1.82, 2.24) is 5.32 Å². The van der Waals surface area contributed by atoms with Crippen molar-refractivity contribution in [3.05, 3.63) is 108 Å². The largest absolute Gasteiger partial charge is 0.370 e. The van der Waals surface area contributed by atoms with Crippen molar-refractivity contribution in [2.75, 3.05) is 0 Å². The number of primary amides is 1. The molecule has 0 saturated heterocycles. The average Bonchev–Trinajstić information content (AvgIpc) is 2.73. The van der Waals surface area contributed by atoms with Crippen molar-refractivity contribution in [3.63, 3.8) is 0 Å². The molecule has 3 rings (SSSR count). The minimum Gasteiger partial charge on any atom is -0.370 e. The van der Waals surface area contributed by atoms with Gasteiger partial charge in [0.15, 0.2) is 0 Å². The maximum Gasteiger partial charge on any atom is 0.219 e. The van der Waals surface area contributed by atoms with Gasteiger partial charge in [0.25, 0.3) is 0 Å². The van der Waals surface area contributed by atoms with Crippen molar-refractivity contribution in [1.29, 1.82) is 0 Å². The normalized spacial score (nSPS) is 12.3. The second-order valence-electron chi connectivity index (χ2n) is 6.33. The number of carbonyl (C=O) groups is 1. The van der Waals surface area contributed by atoms with Crippen molar-refractivity contribution in [3.8, 4) is 0 Å². The van der Waals surface area contributed by atoms with Gasteiger partial charge in [0.05, 0.1) is 11.6 Å². The highest BCUT2D eigenvalue weighted by Gasteiger charge is 2.38. The number of nitrogens with one attached hydrogen (secondary N) is 1. The van der Waals surface area contributed by atoms with E-state index in [0.717, 1.165) is 16.7 Å². The molecule has 0 aliphatic carbocycles. The summed E-state index contributed by atoms with van der Waals surface area (Å²) in [6, 6.07) is 28.7. The fraction of sp³-hybridized carbons (Fsp3) is 0.130. The monoisotopic (exact) mass is 357 g/mol. The van der Waals surface area contributed by atoms with E-state index in [0.29, 0.717) is 0 Å². The number of hydrogen-bond acceptors (Lipinski definition) is 3. The van der Waals surface area contributed by atoms with Crippen LogP contribution in [0.25, 0.3) is 0 Å². The molecule has 3 aromatic rings. The minimum atomic E-state index is -0.844. The predicted molar refractivity (Wildman–Crippen MR) is 106 cm³/mol. The predicted octanol–water partition coefficient (Wildman–Crippen LogP) is 2.92. The molecule has 135 valence electrons. The molecule has 3 aromatic carbocycles. The Labute approximate surface area is 159 Å². The molecule has 0 aromatic heterocycles. The van der Waals surface area contributed by atoms with Crippen LogP contribution in [0.3, 0.4) is 0 Å². The molecular formula is C23H21N2O2. The SMILES string of the molecule is NC(=O)C[C@@H]([C]=O)NC(c1ccccc1)(c1ccccc1)c1ccccc1. The number of benzene rings is 3. The van der Waals surface area contributed by atoms with Crippen molar-refractivity contribution in [2.24, 2.45) is 5.73 Å². The van der Waals surface area contributed by atoms with Crippen LogP contribution in [0.1, 0.15) is 23.1 Å². The van der Waals surface area contributed by atoms with Gasteiger partial charge in [-0.05, 0) is 16.7 Å². The third-order valence-corrected chi connectivity index (χ3v) is 4.56. The first kappa shape index (κ1) is 18.5. The number of rotatable bonds is 8. The van der Waals surface area contributed by atoms with E-state index < -0.39 is 17.5 Å². The third-order valence-electron chi connectivity index (χ3n) is 4.56. The first-order valence-corrected chi connectivity index (χ1v) is 8.77. The van der Waals surface area contributed by atoms with Gasteiger partial charge < -0.3 is 5.73 Å². The van der Waals surface area contributed by atoms with Crippen LogP contribution >= 0.6 is 0 Å². The Kier molecular flexibility index (Phi) is 5.79. The molecule has 1 amide bonds. The lowest BCUT2D eigenvalue weighted by Crippen LogP contribution is -2.51. The van der Waals surface area contributed by atoms with Crippen LogP contribution in [0, 0.1) is 0 Å². The van der Waals surface area contributed by atoms with Gasteiger partial charge in [0.1, 0.15) is 0 Å². The molecular weight excluding hydrogens is 336 g/mol. The first-order chi connectivity index (χ1) is 13.2. The Balaban J connectivity index is 2.25. The summed E-state index contributed by atoms with van der Waals surface area (Å²) in [5, 5.41) is 3.37. The lowest BCUT2D eigenvalue weighted by atomic mass is 9.76. The highest BCUT2D eigenvalue weighted by atomic mass is 16.1. The molecule has 0 saturated carbocycles. The van der Waals surface area contributed by atoms with Crippen molar-refractivity contribution >= 4 is 12.2 Å². The molecule has 0 aliphatic heterocycles. The molecule has 0 aliphatic rings. The Hall–Kier alpha value is -3.24. The second kappa shape index (κ2) is 8.43. The van der Waals surface area contributed by atoms with Crippen LogP contribution in [-0.2, 0) is 15.1 Å². The summed E-state index contributed by atoms with van der Waals surface area (Å²) in [5.41, 5.74) is 7.37. The lowest BCUT2D eigenvalue weighted by Gasteiger charge is -2.38. The van der Waals surface area contributed by atoms with Gasteiger partial charge in [-0.2, -0.15) is 0 Å². The third kappa shape index (κ3) is 3.96. The zero-order valence-electron chi connectivity index (χ0n) is 14.8. The molecule has 1 radical (unpaired) electrons. The van der Waals surface area contributed by atoms with Crippen LogP contribution in [-0.4, -0.2) is 18.2 Å². The molecule has 4 heteroatoms. The Morgan fingerprint density at radius 1 is 0.815 bits per heavy atom. The first-order valence-electron chi connectivity index (χ1n) is 8.77. The Bertz CT molecular complexity index is 783. The lowest BCUT2D eigenvalue weighted by molar-refractivity contribution is -0.118. The quantitative estimate of drug-likeness (QED) is 0.609. The minimum absolute atomic E-state index is 0.127. The molecule has 0 heterocycles. The highest BCUT2D eigenvalue weighted by molar-refractivity contribution is 5.79. The standard InChI is InChI=1S/C23H21N2O2/c24-22(27)16-21(17-26)25-23(18-10-4-1-5-11-18,19-12-6-2-7-13-19)20-14-8-3-9-15-20/h1-15,21,25H,16H2,(H2,24,27)/t21-/m0/s1. The van der Waals surface area contributed by atoms with Gasteiger partial charge >= 0.3 is 0 Å². The number of hydrogen-bond donors (Lipinski definition) is 2. The number of carbonyl (C=O) groups excluding carboxylic acids is 2. The van der Waals surface area contributed by atoms with E-state index in [2.05, 4.69) is 5.32 Å². The summed E-state index contributed by atoms with van der Waals surface area (Å²) < 4.78 is 0. The average molecular weight is 357 g/mol. The van der Waals surface area contributed by atoms with E-state index >= 15 is 0 Å². The highest BCUT2D eigenvalue weighted by Crippen LogP contribution is 2.37. The van der Waals surface area contributed by atoms with Crippen molar-refractivity contribution < 1.29 is 9.59 Å². The number of amides is 1. The van der Waals surface area contributed by atoms with E-state index in [1.54, 1.807) is 0 Å². The number of nitrogens with two attached hydrogens (primary N) is 1. The maximum atomic E-state index is 11.6. The fourth-order valence-corrected chi connectivity index (χ4v) is 3.40. The van der Waals surface area contributed by atoms with E-state index in [-0.39, 0.29) is 6.42 Å². The van der Waals surface area contributed by atoms with Crippen LogP contribution in [0.2, 0.25) is 0 Å². The fourth-order valence-electron chi connectivity index (χ4n) is 3.40. The topological polar surface area (TPSA) is 72.2 Å². The van der Waals surface area contributed by atoms with E-state index in [4.69, 9.17) is 5.73 Å². The second-order valence-corrected chi connectivity index (χ2v) is 6.33. The van der Waals surface area contributed by atoms with Crippen LogP contribution in [0.4, 0.5) is 0 Å². The Morgan fingerprint density at radius 3 is 1.48 bits per heavy atom. The smallest absolute Gasteiger partial charge is 0.219 e. The molecule has 3 N–H and O–H groups in total.